The minimum Gasteiger partial charge on any atom is -0.465 e. The van der Waals surface area contributed by atoms with Crippen molar-refractivity contribution < 1.29 is 9.53 Å². The van der Waals surface area contributed by atoms with Gasteiger partial charge in [0.25, 0.3) is 0 Å². The van der Waals surface area contributed by atoms with Gasteiger partial charge in [-0.25, -0.2) is 4.79 Å². The molecule has 0 heterocycles. The summed E-state index contributed by atoms with van der Waals surface area (Å²) in [5.74, 6) is -0.408. The lowest BCUT2D eigenvalue weighted by molar-refractivity contribution is 0.0602. The molecule has 0 atom stereocenters. The fourth-order valence-electron chi connectivity index (χ4n) is 2.24. The van der Waals surface area contributed by atoms with E-state index in [-0.39, 0.29) is 0 Å². The predicted octanol–water partition coefficient (Wildman–Crippen LogP) is 4.14. The molecule has 116 valence electrons. The number of rotatable bonds is 6. The number of nitrogens with two attached hydrogens (primary N) is 1. The Kier molecular flexibility index (Phi) is 5.42. The van der Waals surface area contributed by atoms with Crippen LogP contribution in [-0.2, 0) is 11.2 Å². The first-order valence-corrected chi connectivity index (χ1v) is 7.48. The summed E-state index contributed by atoms with van der Waals surface area (Å²) >= 11 is 0. The van der Waals surface area contributed by atoms with Gasteiger partial charge in [-0.3, -0.25) is 0 Å². The number of benzene rings is 2. The molecule has 4 heteroatoms. The van der Waals surface area contributed by atoms with E-state index < -0.39 is 5.97 Å². The Hall–Kier alpha value is -2.49. The average Bonchev–Trinajstić information content (AvgIpc) is 2.55. The van der Waals surface area contributed by atoms with Crippen LogP contribution >= 0.6 is 0 Å². The lowest BCUT2D eigenvalue weighted by atomic mass is 10.1. The third-order valence-corrected chi connectivity index (χ3v) is 3.50. The highest BCUT2D eigenvalue weighted by Gasteiger charge is 2.12. The van der Waals surface area contributed by atoms with E-state index in [1.165, 1.54) is 25.5 Å². The van der Waals surface area contributed by atoms with Gasteiger partial charge in [-0.1, -0.05) is 25.5 Å². The van der Waals surface area contributed by atoms with Crippen molar-refractivity contribution in [2.24, 2.45) is 0 Å². The van der Waals surface area contributed by atoms with Crippen molar-refractivity contribution in [3.63, 3.8) is 0 Å². The van der Waals surface area contributed by atoms with Crippen molar-refractivity contribution in [2.45, 2.75) is 26.2 Å². The van der Waals surface area contributed by atoms with Crippen molar-refractivity contribution in [3.8, 4) is 0 Å². The first-order chi connectivity index (χ1) is 10.6. The van der Waals surface area contributed by atoms with Gasteiger partial charge in [-0.05, 0) is 48.7 Å². The Morgan fingerprint density at radius 1 is 1.18 bits per heavy atom. The molecule has 0 spiro atoms. The zero-order valence-corrected chi connectivity index (χ0v) is 13.1. The van der Waals surface area contributed by atoms with Crippen LogP contribution < -0.4 is 11.1 Å². The molecule has 0 aliphatic heterocycles. The quantitative estimate of drug-likeness (QED) is 0.621. The fraction of sp³-hybridized carbons (Fsp3) is 0.278. The van der Waals surface area contributed by atoms with Crippen LogP contribution in [0.1, 0.15) is 35.7 Å². The highest BCUT2D eigenvalue weighted by atomic mass is 16.5. The van der Waals surface area contributed by atoms with Gasteiger partial charge >= 0.3 is 5.97 Å². The summed E-state index contributed by atoms with van der Waals surface area (Å²) in [5, 5.41) is 3.24. The number of hydrogen-bond donors (Lipinski definition) is 2. The zero-order chi connectivity index (χ0) is 15.9. The molecular weight excluding hydrogens is 276 g/mol. The third kappa shape index (κ3) is 4.01. The minimum absolute atomic E-state index is 0.408. The molecule has 0 aliphatic rings. The van der Waals surface area contributed by atoms with Gasteiger partial charge in [0.15, 0.2) is 0 Å². The molecule has 0 amide bonds. The Labute approximate surface area is 131 Å². The van der Waals surface area contributed by atoms with Crippen molar-refractivity contribution >= 4 is 23.0 Å². The minimum atomic E-state index is -0.408. The standard InChI is InChI=1S/C18H22N2O2/c1-3-4-5-13-6-9-15(10-7-13)20-17-11-8-14(19)12-16(17)18(21)22-2/h6-12,20H,3-5,19H2,1-2H3. The van der Waals surface area contributed by atoms with Crippen molar-refractivity contribution in [1.82, 2.24) is 0 Å². The molecule has 4 nitrogen and oxygen atoms in total. The monoisotopic (exact) mass is 298 g/mol. The van der Waals surface area contributed by atoms with Crippen LogP contribution in [-0.4, -0.2) is 13.1 Å². The van der Waals surface area contributed by atoms with E-state index in [9.17, 15) is 4.79 Å². The predicted molar refractivity (Wildman–Crippen MR) is 90.5 cm³/mol. The van der Waals surface area contributed by atoms with Crippen molar-refractivity contribution in [3.05, 3.63) is 53.6 Å². The van der Waals surface area contributed by atoms with Gasteiger partial charge in [-0.2, -0.15) is 0 Å². The van der Waals surface area contributed by atoms with E-state index in [1.54, 1.807) is 18.2 Å². The maximum Gasteiger partial charge on any atom is 0.340 e. The average molecular weight is 298 g/mol. The SMILES string of the molecule is CCCCc1ccc(Nc2ccc(N)cc2C(=O)OC)cc1. The molecule has 0 bridgehead atoms. The van der Waals surface area contributed by atoms with Crippen molar-refractivity contribution in [2.75, 3.05) is 18.2 Å². The second kappa shape index (κ2) is 7.50. The first-order valence-electron chi connectivity index (χ1n) is 7.48. The number of ether oxygens (including phenoxy) is 1. The molecule has 2 aromatic rings. The molecule has 0 fully saturated rings. The molecule has 0 aromatic heterocycles. The number of anilines is 3. The molecule has 0 aliphatic carbocycles. The molecular formula is C18H22N2O2. The molecule has 2 aromatic carbocycles. The van der Waals surface area contributed by atoms with E-state index in [0.717, 1.165) is 12.1 Å². The highest BCUT2D eigenvalue weighted by molar-refractivity contribution is 5.97. The Bertz CT molecular complexity index is 636. The van der Waals surface area contributed by atoms with Crippen LogP contribution in [0.2, 0.25) is 0 Å². The fourth-order valence-corrected chi connectivity index (χ4v) is 2.24. The number of aryl methyl sites for hydroxylation is 1. The first kappa shape index (κ1) is 15.9. The van der Waals surface area contributed by atoms with Crippen LogP contribution in [0.25, 0.3) is 0 Å². The second-order valence-corrected chi connectivity index (χ2v) is 5.22. The van der Waals surface area contributed by atoms with Crippen molar-refractivity contribution in [1.29, 1.82) is 0 Å². The summed E-state index contributed by atoms with van der Waals surface area (Å²) in [5.41, 5.74) is 9.63. The largest absolute Gasteiger partial charge is 0.465 e. The Morgan fingerprint density at radius 2 is 1.91 bits per heavy atom. The third-order valence-electron chi connectivity index (χ3n) is 3.50. The molecule has 22 heavy (non-hydrogen) atoms. The lowest BCUT2D eigenvalue weighted by Crippen LogP contribution is -2.06. The Morgan fingerprint density at radius 3 is 2.55 bits per heavy atom. The smallest absolute Gasteiger partial charge is 0.340 e. The van der Waals surface area contributed by atoms with Crippen LogP contribution in [0.3, 0.4) is 0 Å². The topological polar surface area (TPSA) is 64.3 Å². The number of methoxy groups -OCH3 is 1. The maximum atomic E-state index is 11.8. The van der Waals surface area contributed by atoms with Gasteiger partial charge in [0.05, 0.1) is 18.4 Å². The molecule has 0 radical (unpaired) electrons. The van der Waals surface area contributed by atoms with Gasteiger partial charge in [0, 0.05) is 11.4 Å². The Balaban J connectivity index is 2.18. The molecule has 2 rings (SSSR count). The number of carbonyl (C=O) groups is 1. The van der Waals surface area contributed by atoms with E-state index in [2.05, 4.69) is 24.4 Å². The lowest BCUT2D eigenvalue weighted by Gasteiger charge is -2.12. The van der Waals surface area contributed by atoms with Crippen LogP contribution in [0.4, 0.5) is 17.1 Å². The highest BCUT2D eigenvalue weighted by Crippen LogP contribution is 2.24. The normalized spacial score (nSPS) is 10.3. The molecule has 0 saturated heterocycles. The van der Waals surface area contributed by atoms with Gasteiger partial charge in [0.1, 0.15) is 0 Å². The maximum absolute atomic E-state index is 11.8. The molecule has 3 N–H and O–H groups in total. The second-order valence-electron chi connectivity index (χ2n) is 5.22. The zero-order valence-electron chi connectivity index (χ0n) is 13.1. The number of hydrogen-bond acceptors (Lipinski definition) is 4. The van der Waals surface area contributed by atoms with Crippen LogP contribution in [0, 0.1) is 0 Å². The number of carbonyl (C=O) groups excluding carboxylic acids is 1. The van der Waals surface area contributed by atoms with Crippen LogP contribution in [0.5, 0.6) is 0 Å². The molecule has 0 saturated carbocycles. The van der Waals surface area contributed by atoms with Gasteiger partial charge in [0.2, 0.25) is 0 Å². The number of nitrogen functional groups attached to an aromatic ring is 1. The van der Waals surface area contributed by atoms with E-state index >= 15 is 0 Å². The summed E-state index contributed by atoms with van der Waals surface area (Å²) in [6, 6.07) is 13.4. The van der Waals surface area contributed by atoms with Gasteiger partial charge < -0.3 is 15.8 Å². The summed E-state index contributed by atoms with van der Waals surface area (Å²) in [6.07, 6.45) is 3.47. The summed E-state index contributed by atoms with van der Waals surface area (Å²) < 4.78 is 4.80. The van der Waals surface area contributed by atoms with Gasteiger partial charge in [-0.15, -0.1) is 0 Å². The number of nitrogens with one attached hydrogen (secondary N) is 1. The number of esters is 1. The summed E-state index contributed by atoms with van der Waals surface area (Å²) in [7, 11) is 1.36. The van der Waals surface area contributed by atoms with E-state index in [4.69, 9.17) is 10.5 Å². The number of unbranched alkanes of at least 4 members (excludes halogenated alkanes) is 1. The van der Waals surface area contributed by atoms with E-state index in [1.807, 2.05) is 12.1 Å². The van der Waals surface area contributed by atoms with Crippen LogP contribution in [0.15, 0.2) is 42.5 Å². The molecule has 0 unspecified atom stereocenters. The summed E-state index contributed by atoms with van der Waals surface area (Å²) in [4.78, 5) is 11.8. The van der Waals surface area contributed by atoms with E-state index in [0.29, 0.717) is 16.9 Å². The summed E-state index contributed by atoms with van der Waals surface area (Å²) in [6.45, 7) is 2.19.